The highest BCUT2D eigenvalue weighted by atomic mass is 15.1. The first-order valence-electron chi connectivity index (χ1n) is 9.10. The molecule has 1 aliphatic heterocycles. The first kappa shape index (κ1) is 15.7. The van der Waals surface area contributed by atoms with E-state index in [2.05, 4.69) is 11.0 Å². The van der Waals surface area contributed by atoms with Crippen LogP contribution in [0.15, 0.2) is 18.2 Å². The van der Waals surface area contributed by atoms with Crippen LogP contribution in [0.3, 0.4) is 0 Å². The standard InChI is InChI=1S/C19H31N3/c20-18-9-5-8-17(19(18)21)16-10-12-22(13-11-16)14-15-6-3-1-2-4-7-15/h5,8-9,15-16H,1-4,6-7,10-14,20-21H2. The maximum atomic E-state index is 6.18. The molecule has 1 saturated carbocycles. The van der Waals surface area contributed by atoms with E-state index in [9.17, 15) is 0 Å². The molecule has 1 heterocycles. The smallest absolute Gasteiger partial charge is 0.0583 e. The van der Waals surface area contributed by atoms with E-state index in [4.69, 9.17) is 11.5 Å². The highest BCUT2D eigenvalue weighted by molar-refractivity contribution is 5.68. The van der Waals surface area contributed by atoms with E-state index in [1.54, 1.807) is 0 Å². The topological polar surface area (TPSA) is 55.3 Å². The van der Waals surface area contributed by atoms with Crippen LogP contribution in [0.5, 0.6) is 0 Å². The second kappa shape index (κ2) is 7.36. The number of benzene rings is 1. The molecule has 0 amide bonds. The molecule has 0 atom stereocenters. The van der Waals surface area contributed by atoms with Crippen molar-refractivity contribution >= 4 is 11.4 Å². The molecule has 3 nitrogen and oxygen atoms in total. The van der Waals surface area contributed by atoms with Crippen LogP contribution in [0, 0.1) is 5.92 Å². The lowest BCUT2D eigenvalue weighted by Gasteiger charge is -2.34. The number of hydrogen-bond donors (Lipinski definition) is 2. The second-order valence-electron chi connectivity index (χ2n) is 7.28. The van der Waals surface area contributed by atoms with Gasteiger partial charge in [-0.15, -0.1) is 0 Å². The lowest BCUT2D eigenvalue weighted by molar-refractivity contribution is 0.175. The third kappa shape index (κ3) is 3.75. The Labute approximate surface area is 135 Å². The van der Waals surface area contributed by atoms with E-state index in [0.29, 0.717) is 5.92 Å². The molecule has 122 valence electrons. The Hall–Kier alpha value is -1.22. The van der Waals surface area contributed by atoms with Crippen LogP contribution < -0.4 is 11.5 Å². The van der Waals surface area contributed by atoms with Crippen molar-refractivity contribution in [3.8, 4) is 0 Å². The molecule has 0 spiro atoms. The minimum absolute atomic E-state index is 0.592. The lowest BCUT2D eigenvalue weighted by Crippen LogP contribution is -2.36. The molecule has 0 aromatic heterocycles. The molecule has 1 aromatic carbocycles. The van der Waals surface area contributed by atoms with E-state index < -0.39 is 0 Å². The van der Waals surface area contributed by atoms with Crippen molar-refractivity contribution in [3.63, 3.8) is 0 Å². The van der Waals surface area contributed by atoms with E-state index in [1.165, 1.54) is 76.6 Å². The zero-order valence-electron chi connectivity index (χ0n) is 13.8. The van der Waals surface area contributed by atoms with Crippen LogP contribution in [0.2, 0.25) is 0 Å². The van der Waals surface area contributed by atoms with Gasteiger partial charge in [0.05, 0.1) is 11.4 Å². The number of piperidine rings is 1. The Bertz CT molecular complexity index is 470. The van der Waals surface area contributed by atoms with Gasteiger partial charge in [-0.05, 0) is 62.2 Å². The van der Waals surface area contributed by atoms with Crippen molar-refractivity contribution in [1.82, 2.24) is 4.90 Å². The van der Waals surface area contributed by atoms with Crippen LogP contribution in [0.25, 0.3) is 0 Å². The van der Waals surface area contributed by atoms with Gasteiger partial charge in [-0.3, -0.25) is 0 Å². The van der Waals surface area contributed by atoms with E-state index in [1.807, 2.05) is 12.1 Å². The summed E-state index contributed by atoms with van der Waals surface area (Å²) < 4.78 is 0. The van der Waals surface area contributed by atoms with E-state index >= 15 is 0 Å². The molecular weight excluding hydrogens is 270 g/mol. The largest absolute Gasteiger partial charge is 0.397 e. The molecule has 4 N–H and O–H groups in total. The molecule has 3 rings (SSSR count). The van der Waals surface area contributed by atoms with Gasteiger partial charge < -0.3 is 16.4 Å². The zero-order valence-corrected chi connectivity index (χ0v) is 13.8. The molecule has 0 radical (unpaired) electrons. The van der Waals surface area contributed by atoms with E-state index in [-0.39, 0.29) is 0 Å². The fraction of sp³-hybridized carbons (Fsp3) is 0.684. The van der Waals surface area contributed by atoms with Gasteiger partial charge >= 0.3 is 0 Å². The molecule has 1 aliphatic carbocycles. The summed E-state index contributed by atoms with van der Waals surface area (Å²) in [6.45, 7) is 3.75. The van der Waals surface area contributed by atoms with Gasteiger partial charge in [-0.25, -0.2) is 0 Å². The zero-order chi connectivity index (χ0) is 15.4. The monoisotopic (exact) mass is 301 g/mol. The van der Waals surface area contributed by atoms with Crippen LogP contribution in [-0.4, -0.2) is 24.5 Å². The first-order valence-corrected chi connectivity index (χ1v) is 9.10. The summed E-state index contributed by atoms with van der Waals surface area (Å²) in [6, 6.07) is 6.11. The highest BCUT2D eigenvalue weighted by Crippen LogP contribution is 2.34. The SMILES string of the molecule is Nc1cccc(C2CCN(CC3CCCCCC3)CC2)c1N. The van der Waals surface area contributed by atoms with Crippen LogP contribution >= 0.6 is 0 Å². The van der Waals surface area contributed by atoms with Gasteiger partial charge in [-0.2, -0.15) is 0 Å². The molecule has 0 bridgehead atoms. The second-order valence-corrected chi connectivity index (χ2v) is 7.28. The fourth-order valence-corrected chi connectivity index (χ4v) is 4.30. The Morgan fingerprint density at radius 1 is 0.909 bits per heavy atom. The third-order valence-electron chi connectivity index (χ3n) is 5.69. The average Bonchev–Trinajstić information content (AvgIpc) is 2.80. The molecule has 2 fully saturated rings. The molecule has 3 heteroatoms. The Kier molecular flexibility index (Phi) is 5.24. The summed E-state index contributed by atoms with van der Waals surface area (Å²) in [5.41, 5.74) is 15.0. The van der Waals surface area contributed by atoms with Crippen molar-refractivity contribution in [2.75, 3.05) is 31.1 Å². The van der Waals surface area contributed by atoms with Gasteiger partial charge in [0.25, 0.3) is 0 Å². The lowest BCUT2D eigenvalue weighted by atomic mass is 9.87. The van der Waals surface area contributed by atoms with Crippen LogP contribution in [0.4, 0.5) is 11.4 Å². The summed E-state index contributed by atoms with van der Waals surface area (Å²) in [5, 5.41) is 0. The predicted octanol–water partition coefficient (Wildman–Crippen LogP) is 4.00. The summed E-state index contributed by atoms with van der Waals surface area (Å²) in [6.07, 6.45) is 11.1. The minimum atomic E-state index is 0.592. The summed E-state index contributed by atoms with van der Waals surface area (Å²) in [4.78, 5) is 2.69. The molecule has 2 aliphatic rings. The van der Waals surface area contributed by atoms with Crippen molar-refractivity contribution < 1.29 is 0 Å². The Balaban J connectivity index is 1.52. The predicted molar refractivity (Wildman–Crippen MR) is 94.9 cm³/mol. The number of hydrogen-bond acceptors (Lipinski definition) is 3. The number of rotatable bonds is 3. The average molecular weight is 301 g/mol. The van der Waals surface area contributed by atoms with Crippen LogP contribution in [-0.2, 0) is 0 Å². The maximum absolute atomic E-state index is 6.18. The summed E-state index contributed by atoms with van der Waals surface area (Å²) in [5.74, 6) is 1.53. The quantitative estimate of drug-likeness (QED) is 0.655. The number of nitrogens with two attached hydrogens (primary N) is 2. The van der Waals surface area contributed by atoms with Gasteiger partial charge in [0, 0.05) is 6.54 Å². The van der Waals surface area contributed by atoms with Crippen molar-refractivity contribution in [3.05, 3.63) is 23.8 Å². The minimum Gasteiger partial charge on any atom is -0.397 e. The first-order chi connectivity index (χ1) is 10.7. The molecule has 22 heavy (non-hydrogen) atoms. The molecule has 1 aromatic rings. The van der Waals surface area contributed by atoms with Crippen molar-refractivity contribution in [1.29, 1.82) is 0 Å². The van der Waals surface area contributed by atoms with Crippen molar-refractivity contribution in [2.45, 2.75) is 57.3 Å². The van der Waals surface area contributed by atoms with Gasteiger partial charge in [0.1, 0.15) is 0 Å². The normalized spacial score (nSPS) is 22.5. The Morgan fingerprint density at radius 2 is 1.59 bits per heavy atom. The molecule has 1 saturated heterocycles. The number of likely N-dealkylation sites (tertiary alicyclic amines) is 1. The molecular formula is C19H31N3. The number of nitrogen functional groups attached to an aromatic ring is 2. The Morgan fingerprint density at radius 3 is 2.27 bits per heavy atom. The number of anilines is 2. The van der Waals surface area contributed by atoms with Crippen LogP contribution in [0.1, 0.15) is 62.8 Å². The maximum Gasteiger partial charge on any atom is 0.0583 e. The number of para-hydroxylation sites is 1. The molecule has 0 unspecified atom stereocenters. The summed E-state index contributed by atoms with van der Waals surface area (Å²) in [7, 11) is 0. The number of nitrogens with zero attached hydrogens (tertiary/aromatic N) is 1. The fourth-order valence-electron chi connectivity index (χ4n) is 4.30. The van der Waals surface area contributed by atoms with Gasteiger partial charge in [0.15, 0.2) is 0 Å². The van der Waals surface area contributed by atoms with Gasteiger partial charge in [0.2, 0.25) is 0 Å². The third-order valence-corrected chi connectivity index (χ3v) is 5.69. The summed E-state index contributed by atoms with van der Waals surface area (Å²) >= 11 is 0. The van der Waals surface area contributed by atoms with Crippen molar-refractivity contribution in [2.24, 2.45) is 5.92 Å². The van der Waals surface area contributed by atoms with E-state index in [0.717, 1.165) is 17.3 Å². The van der Waals surface area contributed by atoms with Gasteiger partial charge in [-0.1, -0.05) is 37.8 Å². The highest BCUT2D eigenvalue weighted by Gasteiger charge is 2.24.